The fraction of sp³-hybridized carbons (Fsp3) is 0.692. The van der Waals surface area contributed by atoms with E-state index >= 15 is 0 Å². The molecular weight excluding hydrogens is 172 g/mol. The highest BCUT2D eigenvalue weighted by molar-refractivity contribution is 4.96. The molecule has 1 N–H and O–H groups in total. The third-order valence-electron chi connectivity index (χ3n) is 2.38. The predicted molar refractivity (Wildman–Crippen MR) is 63.3 cm³/mol. The van der Waals surface area contributed by atoms with Crippen molar-refractivity contribution in [2.45, 2.75) is 46.5 Å². The van der Waals surface area contributed by atoms with Gasteiger partial charge in [-0.25, -0.2) is 0 Å². The summed E-state index contributed by atoms with van der Waals surface area (Å²) in [6.07, 6.45) is 11.3. The van der Waals surface area contributed by atoms with Crippen molar-refractivity contribution >= 4 is 0 Å². The largest absolute Gasteiger partial charge is 0.396 e. The van der Waals surface area contributed by atoms with Crippen molar-refractivity contribution in [1.29, 1.82) is 0 Å². The van der Waals surface area contributed by atoms with Gasteiger partial charge in [0.05, 0.1) is 0 Å². The van der Waals surface area contributed by atoms with Crippen LogP contribution in [-0.4, -0.2) is 11.7 Å². The monoisotopic (exact) mass is 196 g/mol. The van der Waals surface area contributed by atoms with Crippen LogP contribution in [-0.2, 0) is 0 Å². The number of unbranched alkanes of at least 4 members (excludes halogenated alkanes) is 2. The van der Waals surface area contributed by atoms with E-state index in [1.165, 1.54) is 18.4 Å². The van der Waals surface area contributed by atoms with Gasteiger partial charge in [-0.05, 0) is 38.5 Å². The average molecular weight is 196 g/mol. The van der Waals surface area contributed by atoms with Crippen molar-refractivity contribution in [1.82, 2.24) is 0 Å². The van der Waals surface area contributed by atoms with Gasteiger partial charge in [-0.3, -0.25) is 0 Å². The number of aliphatic hydroxyl groups excluding tert-OH is 1. The molecule has 0 heterocycles. The molecule has 0 amide bonds. The summed E-state index contributed by atoms with van der Waals surface area (Å²) in [6, 6.07) is 0. The number of hydrogen-bond donors (Lipinski definition) is 1. The molecule has 14 heavy (non-hydrogen) atoms. The van der Waals surface area contributed by atoms with Gasteiger partial charge in [0.2, 0.25) is 0 Å². The third-order valence-corrected chi connectivity index (χ3v) is 2.38. The fourth-order valence-corrected chi connectivity index (χ4v) is 1.12. The minimum atomic E-state index is 0.255. The summed E-state index contributed by atoms with van der Waals surface area (Å²) >= 11 is 0. The molecule has 0 aliphatic heterocycles. The van der Waals surface area contributed by atoms with Gasteiger partial charge in [-0.15, -0.1) is 0 Å². The normalized spacial score (nSPS) is 15.0. The number of rotatable bonds is 7. The van der Waals surface area contributed by atoms with Crippen LogP contribution in [0.5, 0.6) is 0 Å². The van der Waals surface area contributed by atoms with Gasteiger partial charge in [-0.1, -0.05) is 37.6 Å². The van der Waals surface area contributed by atoms with Crippen molar-refractivity contribution < 1.29 is 5.11 Å². The predicted octanol–water partition coefficient (Wildman–Crippen LogP) is 3.70. The molecule has 0 aromatic carbocycles. The second-order valence-corrected chi connectivity index (χ2v) is 3.92. The molecule has 0 aromatic rings. The Bertz CT molecular complexity index is 180. The zero-order valence-corrected chi connectivity index (χ0v) is 9.79. The first kappa shape index (κ1) is 13.4. The van der Waals surface area contributed by atoms with E-state index in [4.69, 9.17) is 5.11 Å². The Kier molecular flexibility index (Phi) is 8.65. The lowest BCUT2D eigenvalue weighted by Gasteiger charge is -1.98. The SMILES string of the molecule is CC/C(C)=C/CCC/C=C/C(C)CO. The van der Waals surface area contributed by atoms with Crippen molar-refractivity contribution in [3.8, 4) is 0 Å². The summed E-state index contributed by atoms with van der Waals surface area (Å²) in [5.41, 5.74) is 1.48. The van der Waals surface area contributed by atoms with E-state index < -0.39 is 0 Å². The van der Waals surface area contributed by atoms with E-state index in [2.05, 4.69) is 32.1 Å². The minimum absolute atomic E-state index is 0.255. The summed E-state index contributed by atoms with van der Waals surface area (Å²) in [6.45, 7) is 6.65. The zero-order valence-electron chi connectivity index (χ0n) is 9.79. The Morgan fingerprint density at radius 2 is 2.07 bits per heavy atom. The van der Waals surface area contributed by atoms with E-state index in [1.807, 2.05) is 6.92 Å². The van der Waals surface area contributed by atoms with Crippen LogP contribution in [0.1, 0.15) is 46.5 Å². The smallest absolute Gasteiger partial charge is 0.0491 e. The van der Waals surface area contributed by atoms with Crippen LogP contribution in [0.2, 0.25) is 0 Å². The number of aliphatic hydroxyl groups is 1. The first-order valence-corrected chi connectivity index (χ1v) is 5.63. The summed E-state index contributed by atoms with van der Waals surface area (Å²) in [7, 11) is 0. The molecule has 0 aliphatic rings. The fourth-order valence-electron chi connectivity index (χ4n) is 1.12. The highest BCUT2D eigenvalue weighted by atomic mass is 16.3. The van der Waals surface area contributed by atoms with E-state index in [-0.39, 0.29) is 6.61 Å². The van der Waals surface area contributed by atoms with E-state index in [9.17, 15) is 0 Å². The number of hydrogen-bond acceptors (Lipinski definition) is 1. The standard InChI is InChI=1S/C13H24O/c1-4-12(2)9-7-5-6-8-10-13(3)11-14/h8-10,13-14H,4-7,11H2,1-3H3/b10-8+,12-9+. The van der Waals surface area contributed by atoms with Crippen LogP contribution in [0.3, 0.4) is 0 Å². The Morgan fingerprint density at radius 3 is 2.64 bits per heavy atom. The maximum atomic E-state index is 8.78. The molecule has 0 bridgehead atoms. The average Bonchev–Trinajstić information content (AvgIpc) is 2.22. The molecule has 82 valence electrons. The molecule has 0 fully saturated rings. The Balaban J connectivity index is 3.42. The maximum Gasteiger partial charge on any atom is 0.0491 e. The van der Waals surface area contributed by atoms with Gasteiger partial charge in [0.1, 0.15) is 0 Å². The van der Waals surface area contributed by atoms with Crippen LogP contribution >= 0.6 is 0 Å². The van der Waals surface area contributed by atoms with Crippen LogP contribution in [0, 0.1) is 5.92 Å². The molecule has 1 atom stereocenters. The first-order chi connectivity index (χ1) is 6.70. The highest BCUT2D eigenvalue weighted by Crippen LogP contribution is 2.05. The lowest BCUT2D eigenvalue weighted by Crippen LogP contribution is -1.94. The van der Waals surface area contributed by atoms with Gasteiger partial charge < -0.3 is 5.11 Å². The van der Waals surface area contributed by atoms with E-state index in [0.29, 0.717) is 5.92 Å². The second-order valence-electron chi connectivity index (χ2n) is 3.92. The highest BCUT2D eigenvalue weighted by Gasteiger charge is 1.90. The molecule has 0 radical (unpaired) electrons. The van der Waals surface area contributed by atoms with Gasteiger partial charge in [0.15, 0.2) is 0 Å². The van der Waals surface area contributed by atoms with Crippen LogP contribution in [0.15, 0.2) is 23.8 Å². The van der Waals surface area contributed by atoms with Crippen LogP contribution in [0.4, 0.5) is 0 Å². The summed E-state index contributed by atoms with van der Waals surface area (Å²) in [5, 5.41) is 8.78. The molecule has 0 saturated heterocycles. The van der Waals surface area contributed by atoms with Crippen molar-refractivity contribution in [2.75, 3.05) is 6.61 Å². The number of allylic oxidation sites excluding steroid dienone is 3. The van der Waals surface area contributed by atoms with Crippen LogP contribution in [0.25, 0.3) is 0 Å². The Hall–Kier alpha value is -0.560. The van der Waals surface area contributed by atoms with Crippen molar-refractivity contribution in [3.05, 3.63) is 23.8 Å². The Labute approximate surface area is 88.5 Å². The minimum Gasteiger partial charge on any atom is -0.396 e. The van der Waals surface area contributed by atoms with Crippen molar-refractivity contribution in [3.63, 3.8) is 0 Å². The zero-order chi connectivity index (χ0) is 10.8. The van der Waals surface area contributed by atoms with Gasteiger partial charge >= 0.3 is 0 Å². The van der Waals surface area contributed by atoms with Crippen molar-refractivity contribution in [2.24, 2.45) is 5.92 Å². The quantitative estimate of drug-likeness (QED) is 0.486. The Morgan fingerprint density at radius 1 is 1.36 bits per heavy atom. The lowest BCUT2D eigenvalue weighted by molar-refractivity contribution is 0.262. The molecule has 0 aromatic heterocycles. The molecule has 1 nitrogen and oxygen atoms in total. The van der Waals surface area contributed by atoms with E-state index in [0.717, 1.165) is 12.8 Å². The molecule has 1 heteroatoms. The van der Waals surface area contributed by atoms with E-state index in [1.54, 1.807) is 0 Å². The third kappa shape index (κ3) is 8.06. The van der Waals surface area contributed by atoms with Gasteiger partial charge in [0, 0.05) is 6.61 Å². The molecule has 0 saturated carbocycles. The molecule has 0 rings (SSSR count). The maximum absolute atomic E-state index is 8.78. The first-order valence-electron chi connectivity index (χ1n) is 5.63. The van der Waals surface area contributed by atoms with Gasteiger partial charge in [-0.2, -0.15) is 0 Å². The molecule has 1 unspecified atom stereocenters. The lowest BCUT2D eigenvalue weighted by atomic mass is 10.1. The van der Waals surface area contributed by atoms with Gasteiger partial charge in [0.25, 0.3) is 0 Å². The second kappa shape index (κ2) is 9.01. The van der Waals surface area contributed by atoms with Crippen LogP contribution < -0.4 is 0 Å². The topological polar surface area (TPSA) is 20.2 Å². The summed E-state index contributed by atoms with van der Waals surface area (Å²) in [5.74, 6) is 0.308. The summed E-state index contributed by atoms with van der Waals surface area (Å²) in [4.78, 5) is 0. The molecular formula is C13H24O. The molecule has 0 spiro atoms. The molecule has 0 aliphatic carbocycles. The summed E-state index contributed by atoms with van der Waals surface area (Å²) < 4.78 is 0.